The Hall–Kier alpha value is -3.65. The predicted octanol–water partition coefficient (Wildman–Crippen LogP) is 4.24. The van der Waals surface area contributed by atoms with Crippen molar-refractivity contribution in [3.8, 4) is 0 Å². The first-order valence-corrected chi connectivity index (χ1v) is 11.8. The quantitative estimate of drug-likeness (QED) is 0.478. The maximum atomic E-state index is 12.8. The first-order valence-electron chi connectivity index (χ1n) is 10.3. The summed E-state index contributed by atoms with van der Waals surface area (Å²) < 4.78 is 33.5. The Morgan fingerprint density at radius 3 is 2.78 bits per heavy atom. The van der Waals surface area contributed by atoms with Gasteiger partial charge in [-0.3, -0.25) is 14.5 Å². The van der Waals surface area contributed by atoms with Crippen LogP contribution in [0.2, 0.25) is 0 Å². The van der Waals surface area contributed by atoms with Crippen LogP contribution in [-0.2, 0) is 21.2 Å². The molecular formula is C24H21N3O4S. The fourth-order valence-corrected chi connectivity index (χ4v) is 5.10. The number of rotatable bonds is 5. The minimum absolute atomic E-state index is 0.0738. The number of nitrogens with one attached hydrogen (secondary N) is 2. The van der Waals surface area contributed by atoms with Gasteiger partial charge >= 0.3 is 0 Å². The molecule has 0 fully saturated rings. The van der Waals surface area contributed by atoms with Gasteiger partial charge in [-0.15, -0.1) is 0 Å². The van der Waals surface area contributed by atoms with Gasteiger partial charge in [-0.25, -0.2) is 8.42 Å². The van der Waals surface area contributed by atoms with Crippen molar-refractivity contribution >= 4 is 49.2 Å². The van der Waals surface area contributed by atoms with Crippen molar-refractivity contribution < 1.29 is 17.6 Å². The highest BCUT2D eigenvalue weighted by Crippen LogP contribution is 2.30. The van der Waals surface area contributed by atoms with Crippen molar-refractivity contribution in [1.82, 2.24) is 4.72 Å². The van der Waals surface area contributed by atoms with E-state index < -0.39 is 10.0 Å². The number of nitrogens with zero attached hydrogens (tertiary/aromatic N) is 1. The lowest BCUT2D eigenvalue weighted by molar-refractivity contribution is -0.115. The van der Waals surface area contributed by atoms with Crippen LogP contribution < -0.4 is 10.0 Å². The monoisotopic (exact) mass is 447 g/mol. The molecule has 0 aliphatic carbocycles. The third-order valence-electron chi connectivity index (χ3n) is 5.45. The van der Waals surface area contributed by atoms with Gasteiger partial charge in [0.1, 0.15) is 11.4 Å². The van der Waals surface area contributed by atoms with E-state index in [2.05, 4.69) is 15.0 Å². The number of carbonyl (C=O) groups is 1. The maximum absolute atomic E-state index is 12.8. The number of aliphatic imine (C=N–C) groups is 1. The summed E-state index contributed by atoms with van der Waals surface area (Å²) in [5.74, 6) is 0.210. The first-order chi connectivity index (χ1) is 15.5. The van der Waals surface area contributed by atoms with Crippen molar-refractivity contribution in [1.29, 1.82) is 0 Å². The maximum Gasteiger partial charge on any atom is 0.262 e. The molecule has 2 N–H and O–H groups in total. The molecule has 0 saturated carbocycles. The minimum Gasteiger partial charge on any atom is -0.464 e. The lowest BCUT2D eigenvalue weighted by atomic mass is 10.0. The van der Waals surface area contributed by atoms with Gasteiger partial charge in [0.15, 0.2) is 0 Å². The second-order valence-corrected chi connectivity index (χ2v) is 9.39. The van der Waals surface area contributed by atoms with Crippen LogP contribution in [0.1, 0.15) is 18.4 Å². The molecule has 5 rings (SSSR count). The van der Waals surface area contributed by atoms with Crippen LogP contribution >= 0.6 is 0 Å². The van der Waals surface area contributed by atoms with Crippen molar-refractivity contribution in [3.05, 3.63) is 72.5 Å². The number of carbonyl (C=O) groups excluding carboxylic acids is 1. The predicted molar refractivity (Wildman–Crippen MR) is 124 cm³/mol. The number of fused-ring (bicyclic) bond motifs is 3. The van der Waals surface area contributed by atoms with E-state index in [9.17, 15) is 13.2 Å². The molecule has 1 aliphatic heterocycles. The summed E-state index contributed by atoms with van der Waals surface area (Å²) in [6.07, 6.45) is 3.16. The van der Waals surface area contributed by atoms with Gasteiger partial charge in [-0.1, -0.05) is 36.4 Å². The van der Waals surface area contributed by atoms with Gasteiger partial charge in [0, 0.05) is 29.6 Å². The zero-order valence-corrected chi connectivity index (χ0v) is 18.0. The Labute approximate surface area is 185 Å². The summed E-state index contributed by atoms with van der Waals surface area (Å²) in [6, 6.07) is 18.0. The number of benzene rings is 3. The normalized spacial score (nSPS) is 13.9. The second kappa shape index (κ2) is 8.12. The third kappa shape index (κ3) is 3.97. The smallest absolute Gasteiger partial charge is 0.262 e. The lowest BCUT2D eigenvalue weighted by Gasteiger charge is -2.10. The molecule has 8 heteroatoms. The van der Waals surface area contributed by atoms with Crippen molar-refractivity contribution in [2.45, 2.75) is 24.2 Å². The molecule has 0 bridgehead atoms. The number of anilines is 1. The van der Waals surface area contributed by atoms with E-state index in [0.717, 1.165) is 33.7 Å². The number of furan rings is 1. The average Bonchev–Trinajstić information content (AvgIpc) is 3.43. The summed E-state index contributed by atoms with van der Waals surface area (Å²) in [5.41, 5.74) is 1.91. The molecule has 1 amide bonds. The number of amides is 1. The average molecular weight is 448 g/mol. The zero-order chi connectivity index (χ0) is 22.1. The van der Waals surface area contributed by atoms with E-state index in [-0.39, 0.29) is 17.2 Å². The van der Waals surface area contributed by atoms with E-state index in [1.165, 1.54) is 12.1 Å². The standard InChI is InChI=1S/C24H21N3O4S/c28-23(13-17-15-31-21-11-10-16-5-1-2-8-20(16)24(17)21)26-18-6-3-7-19(14-18)32(29,30)27-22-9-4-12-25-22/h1-3,5-8,10-11,14-15H,4,9,12-13H2,(H,25,27)(H,26,28). The molecule has 0 atom stereocenters. The zero-order valence-electron chi connectivity index (χ0n) is 17.2. The van der Waals surface area contributed by atoms with Crippen LogP contribution in [0.25, 0.3) is 21.7 Å². The van der Waals surface area contributed by atoms with Crippen LogP contribution in [0.3, 0.4) is 0 Å². The third-order valence-corrected chi connectivity index (χ3v) is 6.82. The van der Waals surface area contributed by atoms with E-state index in [0.29, 0.717) is 24.5 Å². The van der Waals surface area contributed by atoms with E-state index in [1.54, 1.807) is 18.4 Å². The molecule has 0 unspecified atom stereocenters. The Morgan fingerprint density at radius 2 is 1.94 bits per heavy atom. The molecule has 0 saturated heterocycles. The van der Waals surface area contributed by atoms with Gasteiger partial charge in [0.05, 0.1) is 17.6 Å². The SMILES string of the molecule is O=C(Cc1coc2ccc3ccccc3c12)Nc1cccc(S(=O)(=O)NC2=NCCC2)c1. The Kier molecular flexibility index (Phi) is 5.14. The Balaban J connectivity index is 1.36. The number of amidine groups is 1. The fraction of sp³-hybridized carbons (Fsp3) is 0.167. The Bertz CT molecular complexity index is 1470. The van der Waals surface area contributed by atoms with Crippen molar-refractivity contribution in [3.63, 3.8) is 0 Å². The van der Waals surface area contributed by atoms with E-state index in [4.69, 9.17) is 4.42 Å². The molecule has 1 aromatic heterocycles. The van der Waals surface area contributed by atoms with E-state index in [1.807, 2.05) is 36.4 Å². The molecule has 32 heavy (non-hydrogen) atoms. The van der Waals surface area contributed by atoms with Crippen LogP contribution in [0.5, 0.6) is 0 Å². The van der Waals surface area contributed by atoms with Gasteiger partial charge in [-0.2, -0.15) is 0 Å². The molecule has 3 aromatic carbocycles. The van der Waals surface area contributed by atoms with Gasteiger partial charge in [0.25, 0.3) is 10.0 Å². The summed E-state index contributed by atoms with van der Waals surface area (Å²) in [5, 5.41) is 5.80. The summed E-state index contributed by atoms with van der Waals surface area (Å²) >= 11 is 0. The van der Waals surface area contributed by atoms with E-state index >= 15 is 0 Å². The molecule has 1 aliphatic rings. The van der Waals surface area contributed by atoms with Crippen LogP contribution in [-0.4, -0.2) is 26.7 Å². The molecule has 162 valence electrons. The largest absolute Gasteiger partial charge is 0.464 e. The molecule has 4 aromatic rings. The first kappa shape index (κ1) is 20.3. The number of hydrogen-bond acceptors (Lipinski definition) is 5. The van der Waals surface area contributed by atoms with Crippen molar-refractivity contribution in [2.24, 2.45) is 4.99 Å². The molecule has 0 radical (unpaired) electrons. The second-order valence-electron chi connectivity index (χ2n) is 7.71. The van der Waals surface area contributed by atoms with Gasteiger partial charge in [0.2, 0.25) is 5.91 Å². The summed E-state index contributed by atoms with van der Waals surface area (Å²) in [6.45, 7) is 0.631. The Morgan fingerprint density at radius 1 is 1.06 bits per heavy atom. The molecule has 0 spiro atoms. The highest BCUT2D eigenvalue weighted by atomic mass is 32.2. The molecule has 7 nitrogen and oxygen atoms in total. The molecule has 2 heterocycles. The van der Waals surface area contributed by atoms with Crippen molar-refractivity contribution in [2.75, 3.05) is 11.9 Å². The highest BCUT2D eigenvalue weighted by molar-refractivity contribution is 7.90. The topological polar surface area (TPSA) is 101 Å². The summed E-state index contributed by atoms with van der Waals surface area (Å²) in [7, 11) is -3.75. The number of sulfonamides is 1. The molecular weight excluding hydrogens is 426 g/mol. The minimum atomic E-state index is -3.75. The lowest BCUT2D eigenvalue weighted by Crippen LogP contribution is -2.29. The van der Waals surface area contributed by atoms with Crippen LogP contribution in [0, 0.1) is 0 Å². The number of hydrogen-bond donors (Lipinski definition) is 2. The fourth-order valence-electron chi connectivity index (χ4n) is 3.96. The highest BCUT2D eigenvalue weighted by Gasteiger charge is 2.19. The summed E-state index contributed by atoms with van der Waals surface area (Å²) in [4.78, 5) is 17.0. The van der Waals surface area contributed by atoms with Crippen LogP contribution in [0.15, 0.2) is 81.2 Å². The van der Waals surface area contributed by atoms with Gasteiger partial charge < -0.3 is 9.73 Å². The van der Waals surface area contributed by atoms with Gasteiger partial charge in [-0.05, 0) is 41.5 Å². The van der Waals surface area contributed by atoms with Crippen LogP contribution in [0.4, 0.5) is 5.69 Å².